The Morgan fingerprint density at radius 3 is 2.81 bits per heavy atom. The van der Waals surface area contributed by atoms with Gasteiger partial charge in [-0.25, -0.2) is 9.48 Å². The van der Waals surface area contributed by atoms with E-state index in [2.05, 4.69) is 47.3 Å². The molecule has 0 saturated carbocycles. The topological polar surface area (TPSA) is 71.2 Å². The van der Waals surface area contributed by atoms with Crippen LogP contribution in [0.3, 0.4) is 0 Å². The Kier molecular flexibility index (Phi) is 3.47. The van der Waals surface area contributed by atoms with E-state index in [1.165, 1.54) is 22.9 Å². The van der Waals surface area contributed by atoms with Crippen LogP contribution in [0.5, 0.6) is 0 Å². The molecule has 0 bridgehead atoms. The molecule has 0 amide bonds. The molecule has 2 aromatic rings. The number of aryl methyl sites for hydroxylation is 1. The lowest BCUT2D eigenvalue weighted by atomic mass is 10.0. The second-order valence-corrected chi connectivity index (χ2v) is 5.60. The number of aromatic nitrogens is 3. The number of hydrogen-bond acceptors (Lipinski definition) is 4. The Labute approximate surface area is 123 Å². The largest absolute Gasteiger partial charge is 0.476 e. The van der Waals surface area contributed by atoms with Crippen molar-refractivity contribution in [1.29, 1.82) is 0 Å². The second-order valence-electron chi connectivity index (χ2n) is 5.60. The second kappa shape index (κ2) is 5.29. The minimum Gasteiger partial charge on any atom is -0.476 e. The average molecular weight is 286 g/mol. The molecule has 6 heteroatoms. The van der Waals surface area contributed by atoms with Crippen LogP contribution in [0.2, 0.25) is 0 Å². The minimum absolute atomic E-state index is 0.00276. The van der Waals surface area contributed by atoms with Crippen LogP contribution < -0.4 is 0 Å². The van der Waals surface area contributed by atoms with Crippen LogP contribution in [0.4, 0.5) is 0 Å². The molecule has 3 rings (SSSR count). The highest BCUT2D eigenvalue weighted by Gasteiger charge is 2.29. The highest BCUT2D eigenvalue weighted by atomic mass is 16.4. The third-order valence-electron chi connectivity index (χ3n) is 4.15. The van der Waals surface area contributed by atoms with Crippen LogP contribution in [-0.4, -0.2) is 44.1 Å². The summed E-state index contributed by atoms with van der Waals surface area (Å²) in [5, 5.41) is 16.4. The van der Waals surface area contributed by atoms with Gasteiger partial charge in [0.1, 0.15) is 0 Å². The van der Waals surface area contributed by atoms with Gasteiger partial charge >= 0.3 is 5.97 Å². The van der Waals surface area contributed by atoms with E-state index in [1.54, 1.807) is 4.68 Å². The number of carboxylic acids is 1. The number of carbonyl (C=O) groups is 1. The first kappa shape index (κ1) is 13.8. The van der Waals surface area contributed by atoms with E-state index in [-0.39, 0.29) is 11.7 Å². The van der Waals surface area contributed by atoms with Crippen molar-refractivity contribution in [1.82, 2.24) is 19.9 Å². The van der Waals surface area contributed by atoms with E-state index in [0.29, 0.717) is 0 Å². The molecule has 0 atom stereocenters. The first-order valence-electron chi connectivity index (χ1n) is 6.97. The van der Waals surface area contributed by atoms with Gasteiger partial charge in [0.05, 0.1) is 12.2 Å². The number of likely N-dealkylation sites (tertiary alicyclic amines) is 1. The molecule has 1 aliphatic rings. The highest BCUT2D eigenvalue weighted by molar-refractivity contribution is 5.84. The monoisotopic (exact) mass is 286 g/mol. The molecule has 1 N–H and O–H groups in total. The van der Waals surface area contributed by atoms with Crippen LogP contribution in [0.1, 0.15) is 33.2 Å². The highest BCUT2D eigenvalue weighted by Crippen LogP contribution is 2.24. The predicted octanol–water partition coefficient (Wildman–Crippen LogP) is 1.65. The zero-order chi connectivity index (χ0) is 15.0. The van der Waals surface area contributed by atoms with E-state index in [1.807, 2.05) is 0 Å². The molecular weight excluding hydrogens is 268 g/mol. The summed E-state index contributed by atoms with van der Waals surface area (Å²) in [6.45, 7) is 6.94. The van der Waals surface area contributed by atoms with Crippen LogP contribution in [0.15, 0.2) is 24.4 Å². The van der Waals surface area contributed by atoms with Crippen molar-refractivity contribution in [3.63, 3.8) is 0 Å². The molecule has 0 aliphatic carbocycles. The maximum atomic E-state index is 10.8. The molecule has 1 fully saturated rings. The fourth-order valence-electron chi connectivity index (χ4n) is 2.62. The maximum Gasteiger partial charge on any atom is 0.358 e. The summed E-state index contributed by atoms with van der Waals surface area (Å²) in [6, 6.07) is 6.59. The Balaban J connectivity index is 1.60. The average Bonchev–Trinajstić information content (AvgIpc) is 2.87. The van der Waals surface area contributed by atoms with Crippen molar-refractivity contribution in [2.24, 2.45) is 0 Å². The van der Waals surface area contributed by atoms with Gasteiger partial charge in [0.2, 0.25) is 0 Å². The molecule has 110 valence electrons. The van der Waals surface area contributed by atoms with E-state index in [9.17, 15) is 4.79 Å². The summed E-state index contributed by atoms with van der Waals surface area (Å²) < 4.78 is 1.66. The number of hydrogen-bond donors (Lipinski definition) is 1. The van der Waals surface area contributed by atoms with Gasteiger partial charge in [-0.2, -0.15) is 0 Å². The number of benzene rings is 1. The SMILES string of the molecule is Cc1cccc(CN2CC(n3cc(C(=O)O)nn3)C2)c1C. The smallest absolute Gasteiger partial charge is 0.358 e. The molecular formula is C15H18N4O2. The summed E-state index contributed by atoms with van der Waals surface area (Å²) in [5.74, 6) is -1.03. The molecule has 1 aliphatic heterocycles. The van der Waals surface area contributed by atoms with Crippen LogP contribution in [0, 0.1) is 13.8 Å². The Bertz CT molecular complexity index is 674. The maximum absolute atomic E-state index is 10.8. The van der Waals surface area contributed by atoms with Crippen molar-refractivity contribution in [2.75, 3.05) is 13.1 Å². The van der Waals surface area contributed by atoms with Crippen molar-refractivity contribution in [3.05, 3.63) is 46.8 Å². The molecule has 0 unspecified atom stereocenters. The molecule has 0 spiro atoms. The molecule has 6 nitrogen and oxygen atoms in total. The lowest BCUT2D eigenvalue weighted by Gasteiger charge is -2.39. The van der Waals surface area contributed by atoms with E-state index in [0.717, 1.165) is 19.6 Å². The lowest BCUT2D eigenvalue weighted by Crippen LogP contribution is -2.47. The van der Waals surface area contributed by atoms with Gasteiger partial charge in [0.15, 0.2) is 5.69 Å². The van der Waals surface area contributed by atoms with Crippen molar-refractivity contribution >= 4 is 5.97 Å². The first-order valence-corrected chi connectivity index (χ1v) is 6.97. The number of nitrogens with zero attached hydrogens (tertiary/aromatic N) is 4. The number of aromatic carboxylic acids is 1. The van der Waals surface area contributed by atoms with Gasteiger partial charge in [-0.1, -0.05) is 23.4 Å². The fourth-order valence-corrected chi connectivity index (χ4v) is 2.62. The Morgan fingerprint density at radius 2 is 2.14 bits per heavy atom. The van der Waals surface area contributed by atoms with E-state index in [4.69, 9.17) is 5.11 Å². The summed E-state index contributed by atoms with van der Waals surface area (Å²) in [7, 11) is 0. The summed E-state index contributed by atoms with van der Waals surface area (Å²) in [5.41, 5.74) is 4.00. The van der Waals surface area contributed by atoms with Crippen molar-refractivity contribution in [2.45, 2.75) is 26.4 Å². The standard InChI is InChI=1S/C15H18N4O2/c1-10-4-3-5-12(11(10)2)6-18-7-13(8-18)19-9-14(15(20)21)16-17-19/h3-5,9,13H,6-8H2,1-2H3,(H,20,21). The first-order chi connectivity index (χ1) is 10.0. The summed E-state index contributed by atoms with van der Waals surface area (Å²) in [4.78, 5) is 13.1. The predicted molar refractivity (Wildman–Crippen MR) is 77.2 cm³/mol. The molecule has 1 aromatic carbocycles. The van der Waals surface area contributed by atoms with Crippen LogP contribution in [0.25, 0.3) is 0 Å². The van der Waals surface area contributed by atoms with Crippen molar-refractivity contribution < 1.29 is 9.90 Å². The number of rotatable bonds is 4. The Morgan fingerprint density at radius 1 is 1.38 bits per heavy atom. The van der Waals surface area contributed by atoms with Crippen LogP contribution in [-0.2, 0) is 6.54 Å². The van der Waals surface area contributed by atoms with Gasteiger partial charge in [-0.05, 0) is 30.5 Å². The fraction of sp³-hybridized carbons (Fsp3) is 0.400. The third kappa shape index (κ3) is 2.67. The van der Waals surface area contributed by atoms with E-state index < -0.39 is 5.97 Å². The molecule has 21 heavy (non-hydrogen) atoms. The van der Waals surface area contributed by atoms with Gasteiger partial charge in [0, 0.05) is 19.6 Å². The zero-order valence-corrected chi connectivity index (χ0v) is 12.2. The molecule has 1 aromatic heterocycles. The van der Waals surface area contributed by atoms with Gasteiger partial charge in [-0.15, -0.1) is 5.10 Å². The van der Waals surface area contributed by atoms with E-state index >= 15 is 0 Å². The molecule has 2 heterocycles. The Hall–Kier alpha value is -2.21. The van der Waals surface area contributed by atoms with Gasteiger partial charge in [0.25, 0.3) is 0 Å². The van der Waals surface area contributed by atoms with Gasteiger partial charge in [-0.3, -0.25) is 4.90 Å². The van der Waals surface area contributed by atoms with Gasteiger partial charge < -0.3 is 5.11 Å². The van der Waals surface area contributed by atoms with Crippen LogP contribution >= 0.6 is 0 Å². The zero-order valence-electron chi connectivity index (χ0n) is 12.2. The third-order valence-corrected chi connectivity index (χ3v) is 4.15. The quantitative estimate of drug-likeness (QED) is 0.925. The molecule has 0 radical (unpaired) electrons. The minimum atomic E-state index is -1.03. The summed E-state index contributed by atoms with van der Waals surface area (Å²) in [6.07, 6.45) is 1.50. The van der Waals surface area contributed by atoms with Crippen molar-refractivity contribution in [3.8, 4) is 0 Å². The summed E-state index contributed by atoms with van der Waals surface area (Å²) >= 11 is 0. The number of carboxylic acid groups (broad SMARTS) is 1. The molecule has 1 saturated heterocycles. The normalized spacial score (nSPS) is 15.9. The lowest BCUT2D eigenvalue weighted by molar-refractivity contribution is 0.0690.